The van der Waals surface area contributed by atoms with Crippen LogP contribution in [0.1, 0.15) is 35.3 Å². The van der Waals surface area contributed by atoms with E-state index in [4.69, 9.17) is 15.5 Å². The van der Waals surface area contributed by atoms with Crippen molar-refractivity contribution in [3.8, 4) is 27.7 Å². The van der Waals surface area contributed by atoms with Gasteiger partial charge in [-0.2, -0.15) is 0 Å². The Balaban J connectivity index is 1.64. The monoisotopic (exact) mass is 483 g/mol. The standard InChI is InChI=1S/C23H25N5O5S/c1-14-16(22(24)30)12-18(27(14)10-4-9-26-8-3-5-21(26)29)17-13-34-23(25-17)15-6-7-20(33-2)19(11-15)28(31)32/h6-7,11-13H,3-5,8-10H2,1-2H3,(H2,24,30). The Kier molecular flexibility index (Phi) is 6.64. The van der Waals surface area contributed by atoms with Gasteiger partial charge in [0, 0.05) is 48.8 Å². The number of primary amides is 1. The van der Waals surface area contributed by atoms with Crippen molar-refractivity contribution in [2.45, 2.75) is 32.7 Å². The summed E-state index contributed by atoms with van der Waals surface area (Å²) in [5.74, 6) is -0.161. The molecular weight excluding hydrogens is 458 g/mol. The molecule has 4 rings (SSSR count). The molecule has 11 heteroatoms. The van der Waals surface area contributed by atoms with E-state index in [1.54, 1.807) is 18.2 Å². The predicted octanol–water partition coefficient (Wildman–Crippen LogP) is 3.62. The molecule has 0 radical (unpaired) electrons. The van der Waals surface area contributed by atoms with Gasteiger partial charge in [-0.15, -0.1) is 11.3 Å². The highest BCUT2D eigenvalue weighted by Gasteiger charge is 2.22. The third kappa shape index (κ3) is 4.51. The van der Waals surface area contributed by atoms with E-state index in [2.05, 4.69) is 0 Å². The smallest absolute Gasteiger partial charge is 0.311 e. The van der Waals surface area contributed by atoms with Gasteiger partial charge >= 0.3 is 5.69 Å². The van der Waals surface area contributed by atoms with E-state index in [-0.39, 0.29) is 17.3 Å². The van der Waals surface area contributed by atoms with Crippen LogP contribution in [0.15, 0.2) is 29.6 Å². The predicted molar refractivity (Wildman–Crippen MR) is 128 cm³/mol. The molecular formula is C23H25N5O5S. The van der Waals surface area contributed by atoms with Gasteiger partial charge in [0.25, 0.3) is 5.91 Å². The molecule has 0 unspecified atom stereocenters. The van der Waals surface area contributed by atoms with Gasteiger partial charge in [-0.1, -0.05) is 0 Å². The van der Waals surface area contributed by atoms with E-state index in [1.165, 1.54) is 24.5 Å². The first-order valence-electron chi connectivity index (χ1n) is 10.9. The summed E-state index contributed by atoms with van der Waals surface area (Å²) in [6.07, 6.45) is 2.22. The highest BCUT2D eigenvalue weighted by molar-refractivity contribution is 7.13. The number of amides is 2. The zero-order valence-corrected chi connectivity index (χ0v) is 19.8. The normalized spacial score (nSPS) is 13.5. The second-order valence-electron chi connectivity index (χ2n) is 8.06. The minimum Gasteiger partial charge on any atom is -0.490 e. The minimum atomic E-state index is -0.520. The van der Waals surface area contributed by atoms with Crippen LogP contribution >= 0.6 is 11.3 Å². The highest BCUT2D eigenvalue weighted by atomic mass is 32.1. The Labute approximate surface area is 200 Å². The first-order valence-corrected chi connectivity index (χ1v) is 11.7. The molecule has 0 aliphatic carbocycles. The van der Waals surface area contributed by atoms with Gasteiger partial charge in [-0.05, 0) is 38.0 Å². The van der Waals surface area contributed by atoms with Gasteiger partial charge in [0.05, 0.1) is 29.0 Å². The molecule has 1 fully saturated rings. The van der Waals surface area contributed by atoms with Crippen molar-refractivity contribution in [3.05, 3.63) is 51.0 Å². The molecule has 34 heavy (non-hydrogen) atoms. The van der Waals surface area contributed by atoms with Crippen molar-refractivity contribution in [2.75, 3.05) is 20.2 Å². The minimum absolute atomic E-state index is 0.136. The van der Waals surface area contributed by atoms with Crippen LogP contribution in [0.2, 0.25) is 0 Å². The van der Waals surface area contributed by atoms with Crippen LogP contribution in [0.3, 0.4) is 0 Å². The molecule has 0 bridgehead atoms. The van der Waals surface area contributed by atoms with Crippen LogP contribution < -0.4 is 10.5 Å². The summed E-state index contributed by atoms with van der Waals surface area (Å²) in [6.45, 7) is 3.87. The lowest BCUT2D eigenvalue weighted by molar-refractivity contribution is -0.385. The molecule has 3 aromatic rings. The summed E-state index contributed by atoms with van der Waals surface area (Å²) >= 11 is 1.35. The summed E-state index contributed by atoms with van der Waals surface area (Å²) in [7, 11) is 1.38. The summed E-state index contributed by atoms with van der Waals surface area (Å²) in [5, 5.41) is 13.9. The number of rotatable bonds is 9. The van der Waals surface area contributed by atoms with Gasteiger partial charge < -0.3 is 19.9 Å². The Morgan fingerprint density at radius 1 is 1.32 bits per heavy atom. The number of aromatic nitrogens is 2. The molecule has 178 valence electrons. The van der Waals surface area contributed by atoms with Crippen molar-refractivity contribution in [2.24, 2.45) is 5.73 Å². The van der Waals surface area contributed by atoms with Crippen molar-refractivity contribution in [1.82, 2.24) is 14.5 Å². The number of nitro benzene ring substituents is 1. The molecule has 0 atom stereocenters. The maximum Gasteiger partial charge on any atom is 0.311 e. The SMILES string of the molecule is COc1ccc(-c2nc(-c3cc(C(N)=O)c(C)n3CCCN3CCCC3=O)cs2)cc1[N+](=O)[O-]. The maximum absolute atomic E-state index is 12.0. The molecule has 2 aromatic heterocycles. The Bertz CT molecular complexity index is 1260. The molecule has 1 saturated heterocycles. The van der Waals surface area contributed by atoms with E-state index in [0.29, 0.717) is 41.3 Å². The quantitative estimate of drug-likeness (QED) is 0.365. The fraction of sp³-hybridized carbons (Fsp3) is 0.348. The number of carbonyl (C=O) groups excluding carboxylic acids is 2. The average Bonchev–Trinajstić information content (AvgIpc) is 3.53. The molecule has 2 amide bonds. The fourth-order valence-corrected chi connectivity index (χ4v) is 5.06. The Morgan fingerprint density at radius 3 is 2.76 bits per heavy atom. The topological polar surface area (TPSA) is 134 Å². The number of thiazole rings is 1. The lowest BCUT2D eigenvalue weighted by atomic mass is 10.2. The summed E-state index contributed by atoms with van der Waals surface area (Å²) < 4.78 is 7.07. The van der Waals surface area contributed by atoms with Crippen molar-refractivity contribution in [1.29, 1.82) is 0 Å². The van der Waals surface area contributed by atoms with Crippen LogP contribution in [0.25, 0.3) is 22.0 Å². The molecule has 1 aliphatic heterocycles. The number of hydrogen-bond acceptors (Lipinski definition) is 7. The summed E-state index contributed by atoms with van der Waals surface area (Å²) in [4.78, 5) is 41.4. The van der Waals surface area contributed by atoms with E-state index in [0.717, 1.165) is 30.8 Å². The first-order chi connectivity index (χ1) is 16.3. The largest absolute Gasteiger partial charge is 0.490 e. The second-order valence-corrected chi connectivity index (χ2v) is 8.92. The van der Waals surface area contributed by atoms with Crippen LogP contribution in [0, 0.1) is 17.0 Å². The van der Waals surface area contributed by atoms with Crippen LogP contribution in [0.5, 0.6) is 5.75 Å². The third-order valence-electron chi connectivity index (χ3n) is 6.00. The fourth-order valence-electron chi connectivity index (χ4n) is 4.24. The third-order valence-corrected chi connectivity index (χ3v) is 6.89. The first kappa shape index (κ1) is 23.4. The number of nitrogens with zero attached hydrogens (tertiary/aromatic N) is 4. The number of nitro groups is 1. The number of nitrogens with two attached hydrogens (primary N) is 1. The molecule has 1 aliphatic rings. The average molecular weight is 484 g/mol. The molecule has 1 aromatic carbocycles. The van der Waals surface area contributed by atoms with Crippen LogP contribution in [-0.2, 0) is 11.3 Å². The zero-order valence-electron chi connectivity index (χ0n) is 18.9. The zero-order chi connectivity index (χ0) is 24.4. The van der Waals surface area contributed by atoms with Crippen LogP contribution in [-0.4, -0.2) is 51.4 Å². The van der Waals surface area contributed by atoms with Crippen molar-refractivity contribution < 1.29 is 19.2 Å². The Morgan fingerprint density at radius 2 is 2.12 bits per heavy atom. The van der Waals surface area contributed by atoms with Gasteiger partial charge in [0.15, 0.2) is 5.75 Å². The molecule has 10 nitrogen and oxygen atoms in total. The highest BCUT2D eigenvalue weighted by Crippen LogP contribution is 2.36. The molecule has 0 spiro atoms. The second kappa shape index (κ2) is 9.64. The molecule has 0 saturated carbocycles. The lowest BCUT2D eigenvalue weighted by Crippen LogP contribution is -2.26. The van der Waals surface area contributed by atoms with Crippen molar-refractivity contribution >= 4 is 28.8 Å². The number of likely N-dealkylation sites (tertiary alicyclic amines) is 1. The van der Waals surface area contributed by atoms with Crippen LogP contribution in [0.4, 0.5) is 5.69 Å². The van der Waals surface area contributed by atoms with Gasteiger partial charge in [0.2, 0.25) is 5.91 Å². The molecule has 2 N–H and O–H groups in total. The van der Waals surface area contributed by atoms with E-state index >= 15 is 0 Å². The number of carbonyl (C=O) groups is 2. The van der Waals surface area contributed by atoms with E-state index in [9.17, 15) is 19.7 Å². The van der Waals surface area contributed by atoms with Crippen molar-refractivity contribution in [3.63, 3.8) is 0 Å². The van der Waals surface area contributed by atoms with E-state index in [1.807, 2.05) is 21.8 Å². The Hall–Kier alpha value is -3.73. The maximum atomic E-state index is 12.0. The van der Waals surface area contributed by atoms with Gasteiger partial charge in [-0.3, -0.25) is 19.7 Å². The number of ether oxygens (including phenoxy) is 1. The number of hydrogen-bond donors (Lipinski definition) is 1. The molecule has 3 heterocycles. The summed E-state index contributed by atoms with van der Waals surface area (Å²) in [6, 6.07) is 6.44. The number of benzene rings is 1. The van der Waals surface area contributed by atoms with E-state index < -0.39 is 10.8 Å². The van der Waals surface area contributed by atoms with Gasteiger partial charge in [0.1, 0.15) is 5.01 Å². The lowest BCUT2D eigenvalue weighted by Gasteiger charge is -2.17. The summed E-state index contributed by atoms with van der Waals surface area (Å²) in [5.41, 5.74) is 8.60. The number of methoxy groups -OCH3 is 1. The van der Waals surface area contributed by atoms with Gasteiger partial charge in [-0.25, -0.2) is 4.98 Å².